The summed E-state index contributed by atoms with van der Waals surface area (Å²) in [6, 6.07) is 15.3. The number of rotatable bonds is 7. The topological polar surface area (TPSA) is 105 Å². The number of carboxylic acid groups (broad SMARTS) is 1. The first-order valence-corrected chi connectivity index (χ1v) is 12.4. The zero-order valence-electron chi connectivity index (χ0n) is 20.5. The fourth-order valence-electron chi connectivity index (χ4n) is 5.53. The largest absolute Gasteiger partial charge is 0.480 e. The maximum atomic E-state index is 13.1. The number of nitrogens with one attached hydrogen (secondary N) is 2. The molecule has 1 fully saturated rings. The molecule has 2 aromatic rings. The average molecular weight is 479 g/mol. The molecular weight excluding hydrogens is 444 g/mol. The van der Waals surface area contributed by atoms with Gasteiger partial charge < -0.3 is 20.5 Å². The normalized spacial score (nSPS) is 22.1. The Bertz CT molecular complexity index is 1070. The van der Waals surface area contributed by atoms with Crippen molar-refractivity contribution in [2.45, 2.75) is 64.0 Å². The Morgan fingerprint density at radius 2 is 1.66 bits per heavy atom. The zero-order chi connectivity index (χ0) is 25.2. The number of fused-ring (bicyclic) bond motifs is 3. The number of carboxylic acids is 1. The van der Waals surface area contributed by atoms with E-state index in [1.54, 1.807) is 0 Å². The van der Waals surface area contributed by atoms with Crippen LogP contribution in [0.1, 0.15) is 63.5 Å². The summed E-state index contributed by atoms with van der Waals surface area (Å²) >= 11 is 0. The molecule has 1 saturated carbocycles. The Kier molecular flexibility index (Phi) is 7.15. The van der Waals surface area contributed by atoms with Crippen molar-refractivity contribution >= 4 is 18.0 Å². The number of carbonyl (C=O) groups excluding carboxylic acids is 2. The Hall–Kier alpha value is -3.35. The van der Waals surface area contributed by atoms with Gasteiger partial charge >= 0.3 is 12.1 Å². The van der Waals surface area contributed by atoms with E-state index in [0.717, 1.165) is 35.1 Å². The third-order valence-corrected chi connectivity index (χ3v) is 7.34. The standard InChI is InChI=1S/C28H34N2O5/c1-17(2)24(25(31)30-28(26(32)33)14-8-9-18(3)15-28)29-27(34)35-16-23-21-12-6-4-10-19(21)20-11-5-7-13-22(20)23/h4-7,10-13,17-18,23-24H,8-9,14-16H2,1-3H3,(H,29,34)(H,30,31)(H,32,33). The second-order valence-corrected chi connectivity index (χ2v) is 10.3. The van der Waals surface area contributed by atoms with Crippen LogP contribution in [0.25, 0.3) is 11.1 Å². The third-order valence-electron chi connectivity index (χ3n) is 7.34. The first-order chi connectivity index (χ1) is 16.7. The van der Waals surface area contributed by atoms with Crippen LogP contribution in [-0.4, -0.2) is 41.3 Å². The van der Waals surface area contributed by atoms with Crippen molar-refractivity contribution in [1.82, 2.24) is 10.6 Å². The summed E-state index contributed by atoms with van der Waals surface area (Å²) in [5.74, 6) is -1.65. The van der Waals surface area contributed by atoms with E-state index in [1.807, 2.05) is 57.2 Å². The summed E-state index contributed by atoms with van der Waals surface area (Å²) in [5, 5.41) is 15.3. The lowest BCUT2D eigenvalue weighted by Crippen LogP contribution is -2.61. The molecular formula is C28H34N2O5. The highest BCUT2D eigenvalue weighted by atomic mass is 16.5. The molecule has 0 bridgehead atoms. The molecule has 2 amide bonds. The summed E-state index contributed by atoms with van der Waals surface area (Å²) in [6.45, 7) is 5.76. The summed E-state index contributed by atoms with van der Waals surface area (Å²) in [7, 11) is 0. The first-order valence-electron chi connectivity index (χ1n) is 12.4. The third kappa shape index (κ3) is 5.04. The van der Waals surface area contributed by atoms with Crippen LogP contribution < -0.4 is 10.6 Å². The molecule has 186 valence electrons. The van der Waals surface area contributed by atoms with Crippen LogP contribution in [0.2, 0.25) is 0 Å². The van der Waals surface area contributed by atoms with Gasteiger partial charge in [-0.05, 0) is 46.9 Å². The van der Waals surface area contributed by atoms with Gasteiger partial charge in [-0.15, -0.1) is 0 Å². The maximum Gasteiger partial charge on any atom is 0.407 e. The number of aliphatic carboxylic acids is 1. The van der Waals surface area contributed by atoms with Crippen molar-refractivity contribution < 1.29 is 24.2 Å². The number of amides is 2. The molecule has 2 aromatic carbocycles. The summed E-state index contributed by atoms with van der Waals surface area (Å²) in [4.78, 5) is 38.0. The second-order valence-electron chi connectivity index (χ2n) is 10.3. The number of carbonyl (C=O) groups is 3. The van der Waals surface area contributed by atoms with Crippen LogP contribution in [0.4, 0.5) is 4.79 Å². The smallest absolute Gasteiger partial charge is 0.407 e. The van der Waals surface area contributed by atoms with Crippen molar-refractivity contribution in [1.29, 1.82) is 0 Å². The van der Waals surface area contributed by atoms with Gasteiger partial charge in [-0.3, -0.25) is 4.79 Å². The molecule has 3 atom stereocenters. The van der Waals surface area contributed by atoms with Crippen LogP contribution in [0.5, 0.6) is 0 Å². The minimum Gasteiger partial charge on any atom is -0.480 e. The SMILES string of the molecule is CC1CCCC(NC(=O)C(NC(=O)OCC2c3ccccc3-c3ccccc32)C(C)C)(C(=O)O)C1. The fraction of sp³-hybridized carbons (Fsp3) is 0.464. The minimum atomic E-state index is -1.30. The van der Waals surface area contributed by atoms with Gasteiger partial charge in [0.1, 0.15) is 18.2 Å². The van der Waals surface area contributed by atoms with E-state index < -0.39 is 29.6 Å². The van der Waals surface area contributed by atoms with Crippen LogP contribution >= 0.6 is 0 Å². The van der Waals surface area contributed by atoms with Gasteiger partial charge in [-0.25, -0.2) is 9.59 Å². The highest BCUT2D eigenvalue weighted by Gasteiger charge is 2.44. The minimum absolute atomic E-state index is 0.0847. The molecule has 0 aliphatic heterocycles. The second kappa shape index (κ2) is 10.1. The van der Waals surface area contributed by atoms with Crippen molar-refractivity contribution in [3.63, 3.8) is 0 Å². The maximum absolute atomic E-state index is 13.1. The Morgan fingerprint density at radius 1 is 1.06 bits per heavy atom. The molecule has 7 nitrogen and oxygen atoms in total. The summed E-state index contributed by atoms with van der Waals surface area (Å²) < 4.78 is 5.60. The number of hydrogen-bond donors (Lipinski definition) is 3. The summed E-state index contributed by atoms with van der Waals surface area (Å²) in [5.41, 5.74) is 3.18. The summed E-state index contributed by atoms with van der Waals surface area (Å²) in [6.07, 6.45) is 1.75. The fourth-order valence-corrected chi connectivity index (χ4v) is 5.53. The Labute approximate surface area is 206 Å². The lowest BCUT2D eigenvalue weighted by atomic mass is 9.76. The van der Waals surface area contributed by atoms with Gasteiger partial charge in [0, 0.05) is 5.92 Å². The monoisotopic (exact) mass is 478 g/mol. The van der Waals surface area contributed by atoms with E-state index in [4.69, 9.17) is 4.74 Å². The molecule has 35 heavy (non-hydrogen) atoms. The van der Waals surface area contributed by atoms with Gasteiger partial charge in [-0.1, -0.05) is 82.1 Å². The van der Waals surface area contributed by atoms with E-state index in [-0.39, 0.29) is 24.4 Å². The number of hydrogen-bond acceptors (Lipinski definition) is 4. The van der Waals surface area contributed by atoms with Crippen LogP contribution in [0.3, 0.4) is 0 Å². The van der Waals surface area contributed by atoms with Gasteiger partial charge in [0.05, 0.1) is 0 Å². The predicted molar refractivity (Wildman–Crippen MR) is 133 cm³/mol. The molecule has 0 radical (unpaired) electrons. The number of benzene rings is 2. The highest BCUT2D eigenvalue weighted by molar-refractivity contribution is 5.91. The first kappa shape index (κ1) is 24.8. The van der Waals surface area contributed by atoms with Crippen LogP contribution in [0, 0.1) is 11.8 Å². The van der Waals surface area contributed by atoms with Gasteiger partial charge in [0.25, 0.3) is 0 Å². The van der Waals surface area contributed by atoms with Gasteiger partial charge in [-0.2, -0.15) is 0 Å². The van der Waals surface area contributed by atoms with Crippen LogP contribution in [-0.2, 0) is 14.3 Å². The molecule has 2 aliphatic rings. The van der Waals surface area contributed by atoms with Crippen molar-refractivity contribution in [2.75, 3.05) is 6.61 Å². The van der Waals surface area contributed by atoms with Crippen LogP contribution in [0.15, 0.2) is 48.5 Å². The number of ether oxygens (including phenoxy) is 1. The number of alkyl carbamates (subject to hydrolysis) is 1. The average Bonchev–Trinajstić information content (AvgIpc) is 3.14. The van der Waals surface area contributed by atoms with E-state index in [2.05, 4.69) is 22.8 Å². The van der Waals surface area contributed by atoms with Gasteiger partial charge in [0.15, 0.2) is 0 Å². The van der Waals surface area contributed by atoms with E-state index in [0.29, 0.717) is 12.8 Å². The predicted octanol–water partition coefficient (Wildman–Crippen LogP) is 4.70. The van der Waals surface area contributed by atoms with Gasteiger partial charge in [0.2, 0.25) is 5.91 Å². The Morgan fingerprint density at radius 3 is 2.20 bits per heavy atom. The molecule has 0 aromatic heterocycles. The lowest BCUT2D eigenvalue weighted by Gasteiger charge is -2.38. The molecule has 0 spiro atoms. The highest BCUT2D eigenvalue weighted by Crippen LogP contribution is 2.44. The van der Waals surface area contributed by atoms with Crippen molar-refractivity contribution in [3.05, 3.63) is 59.7 Å². The molecule has 3 unspecified atom stereocenters. The van der Waals surface area contributed by atoms with Crippen molar-refractivity contribution in [2.24, 2.45) is 11.8 Å². The van der Waals surface area contributed by atoms with E-state index >= 15 is 0 Å². The Balaban J connectivity index is 1.43. The molecule has 0 heterocycles. The van der Waals surface area contributed by atoms with E-state index in [1.165, 1.54) is 0 Å². The molecule has 4 rings (SSSR count). The molecule has 7 heteroatoms. The van der Waals surface area contributed by atoms with Crippen molar-refractivity contribution in [3.8, 4) is 11.1 Å². The zero-order valence-corrected chi connectivity index (χ0v) is 20.5. The molecule has 3 N–H and O–H groups in total. The quantitative estimate of drug-likeness (QED) is 0.535. The lowest BCUT2D eigenvalue weighted by molar-refractivity contribution is -0.150. The molecule has 2 aliphatic carbocycles. The molecule has 0 saturated heterocycles. The van der Waals surface area contributed by atoms with E-state index in [9.17, 15) is 19.5 Å².